The van der Waals surface area contributed by atoms with Crippen LogP contribution in [0.25, 0.3) is 0 Å². The molecule has 3 heterocycles. The van der Waals surface area contributed by atoms with E-state index in [-0.39, 0.29) is 11.8 Å². The fourth-order valence-electron chi connectivity index (χ4n) is 3.50. The Bertz CT molecular complexity index is 1050. The van der Waals surface area contributed by atoms with Crippen LogP contribution in [0.3, 0.4) is 0 Å². The van der Waals surface area contributed by atoms with E-state index in [9.17, 15) is 9.59 Å². The zero-order valence-corrected chi connectivity index (χ0v) is 17.3. The lowest BCUT2D eigenvalue weighted by Crippen LogP contribution is -2.50. The Morgan fingerprint density at radius 1 is 1.00 bits per heavy atom. The first-order chi connectivity index (χ1) is 14.5. The first kappa shape index (κ1) is 20.0. The second kappa shape index (κ2) is 8.62. The van der Waals surface area contributed by atoms with E-state index in [0.717, 1.165) is 5.56 Å². The van der Waals surface area contributed by atoms with Crippen LogP contribution in [0, 0.1) is 6.92 Å². The van der Waals surface area contributed by atoms with Crippen LogP contribution in [-0.2, 0) is 6.54 Å². The molecule has 3 aromatic rings. The van der Waals surface area contributed by atoms with Crippen LogP contribution in [-0.4, -0.2) is 67.5 Å². The van der Waals surface area contributed by atoms with Crippen molar-refractivity contribution in [3.63, 3.8) is 0 Å². The lowest BCUT2D eigenvalue weighted by Gasteiger charge is -2.34. The molecule has 154 valence electrons. The van der Waals surface area contributed by atoms with Crippen LogP contribution in [0.4, 0.5) is 0 Å². The summed E-state index contributed by atoms with van der Waals surface area (Å²) >= 11 is 6.53. The predicted octanol–water partition coefficient (Wildman–Crippen LogP) is 2.28. The minimum atomic E-state index is -0.180. The second-order valence-electron chi connectivity index (χ2n) is 7.07. The number of amides is 2. The molecule has 4 rings (SSSR count). The van der Waals surface area contributed by atoms with Crippen molar-refractivity contribution in [3.05, 3.63) is 76.6 Å². The molecule has 2 aromatic heterocycles. The van der Waals surface area contributed by atoms with Crippen molar-refractivity contribution in [2.24, 2.45) is 0 Å². The Hall–Kier alpha value is -3.26. The van der Waals surface area contributed by atoms with Crippen LogP contribution in [0.5, 0.6) is 0 Å². The summed E-state index contributed by atoms with van der Waals surface area (Å²) in [5, 5.41) is 4.79. The van der Waals surface area contributed by atoms with Crippen molar-refractivity contribution >= 4 is 23.4 Å². The summed E-state index contributed by atoms with van der Waals surface area (Å²) in [7, 11) is 0. The minimum Gasteiger partial charge on any atom is -0.335 e. The maximum Gasteiger partial charge on any atom is 0.274 e. The summed E-state index contributed by atoms with van der Waals surface area (Å²) in [5.74, 6) is -0.344. The van der Waals surface area contributed by atoms with E-state index in [1.54, 1.807) is 21.4 Å². The lowest BCUT2D eigenvalue weighted by molar-refractivity contribution is 0.0531. The van der Waals surface area contributed by atoms with Crippen LogP contribution in [0.2, 0.25) is 5.15 Å². The molecule has 9 heteroatoms. The number of carbonyl (C=O) groups is 2. The van der Waals surface area contributed by atoms with Crippen molar-refractivity contribution in [3.8, 4) is 0 Å². The fourth-order valence-corrected chi connectivity index (χ4v) is 3.81. The molecule has 0 radical (unpaired) electrons. The molecule has 1 aromatic carbocycles. The zero-order chi connectivity index (χ0) is 21.1. The highest BCUT2D eigenvalue weighted by atomic mass is 35.5. The van der Waals surface area contributed by atoms with Crippen molar-refractivity contribution in [1.29, 1.82) is 0 Å². The number of hydrogen-bond acceptors (Lipinski definition) is 5. The van der Waals surface area contributed by atoms with E-state index in [1.165, 1.54) is 18.6 Å². The summed E-state index contributed by atoms with van der Waals surface area (Å²) in [6, 6.07) is 9.83. The monoisotopic (exact) mass is 424 g/mol. The molecule has 0 atom stereocenters. The standard InChI is InChI=1S/C21H21ClN6O2/c1-15-18(19(22)28(25-15)14-16-5-3-2-4-6-16)21(30)27-11-9-26(10-12-27)20(29)17-13-23-7-8-24-17/h2-8,13H,9-12,14H2,1H3. The Kier molecular flexibility index (Phi) is 5.76. The van der Waals surface area contributed by atoms with Gasteiger partial charge in [0.2, 0.25) is 0 Å². The quantitative estimate of drug-likeness (QED) is 0.641. The van der Waals surface area contributed by atoms with Crippen molar-refractivity contribution in [2.75, 3.05) is 26.2 Å². The average Bonchev–Trinajstić information content (AvgIpc) is 3.07. The number of benzene rings is 1. The summed E-state index contributed by atoms with van der Waals surface area (Å²) < 4.78 is 1.65. The molecule has 0 saturated carbocycles. The SMILES string of the molecule is Cc1nn(Cc2ccccc2)c(Cl)c1C(=O)N1CCN(C(=O)c2cnccn2)CC1. The van der Waals surface area contributed by atoms with Gasteiger partial charge in [0.25, 0.3) is 11.8 Å². The number of halogens is 1. The van der Waals surface area contributed by atoms with Crippen LogP contribution >= 0.6 is 11.6 Å². The molecular formula is C21H21ClN6O2. The first-order valence-corrected chi connectivity index (χ1v) is 10.0. The number of rotatable bonds is 4. The van der Waals surface area contributed by atoms with E-state index in [2.05, 4.69) is 15.1 Å². The molecule has 1 aliphatic rings. The molecule has 0 spiro atoms. The highest BCUT2D eigenvalue weighted by Crippen LogP contribution is 2.23. The van der Waals surface area contributed by atoms with Gasteiger partial charge in [-0.05, 0) is 12.5 Å². The Morgan fingerprint density at radius 3 is 2.30 bits per heavy atom. The smallest absolute Gasteiger partial charge is 0.274 e. The van der Waals surface area contributed by atoms with Gasteiger partial charge in [-0.15, -0.1) is 0 Å². The van der Waals surface area contributed by atoms with E-state index in [1.807, 2.05) is 30.3 Å². The van der Waals surface area contributed by atoms with Crippen molar-refractivity contribution < 1.29 is 9.59 Å². The minimum absolute atomic E-state index is 0.164. The number of aryl methyl sites for hydroxylation is 1. The molecule has 0 N–H and O–H groups in total. The number of aromatic nitrogens is 4. The van der Waals surface area contributed by atoms with Gasteiger partial charge in [-0.2, -0.15) is 5.10 Å². The summed E-state index contributed by atoms with van der Waals surface area (Å²) in [6.07, 6.45) is 4.46. The third-order valence-electron chi connectivity index (χ3n) is 5.09. The van der Waals surface area contributed by atoms with Crippen molar-refractivity contribution in [2.45, 2.75) is 13.5 Å². The van der Waals surface area contributed by atoms with Crippen LogP contribution in [0.1, 0.15) is 32.1 Å². The number of carbonyl (C=O) groups excluding carboxylic acids is 2. The van der Waals surface area contributed by atoms with Gasteiger partial charge >= 0.3 is 0 Å². The predicted molar refractivity (Wildman–Crippen MR) is 111 cm³/mol. The summed E-state index contributed by atoms with van der Waals surface area (Å²) in [5.41, 5.74) is 2.37. The molecule has 1 saturated heterocycles. The molecule has 8 nitrogen and oxygen atoms in total. The zero-order valence-electron chi connectivity index (χ0n) is 16.5. The second-order valence-corrected chi connectivity index (χ2v) is 7.43. The van der Waals surface area contributed by atoms with Gasteiger partial charge in [0.05, 0.1) is 24.0 Å². The van der Waals surface area contributed by atoms with E-state index in [4.69, 9.17) is 11.6 Å². The molecule has 0 aliphatic carbocycles. The van der Waals surface area contributed by atoms with Gasteiger partial charge in [0.15, 0.2) is 0 Å². The van der Waals surface area contributed by atoms with Crippen molar-refractivity contribution in [1.82, 2.24) is 29.5 Å². The largest absolute Gasteiger partial charge is 0.335 e. The van der Waals surface area contributed by atoms with E-state index in [0.29, 0.717) is 54.8 Å². The third kappa shape index (κ3) is 4.04. The molecule has 30 heavy (non-hydrogen) atoms. The summed E-state index contributed by atoms with van der Waals surface area (Å²) in [6.45, 7) is 3.98. The first-order valence-electron chi connectivity index (χ1n) is 9.66. The Morgan fingerprint density at radius 2 is 1.67 bits per heavy atom. The Labute approximate surface area is 179 Å². The highest BCUT2D eigenvalue weighted by Gasteiger charge is 2.29. The molecular weight excluding hydrogens is 404 g/mol. The lowest BCUT2D eigenvalue weighted by atomic mass is 10.2. The van der Waals surface area contributed by atoms with Crippen LogP contribution < -0.4 is 0 Å². The van der Waals surface area contributed by atoms with Gasteiger partial charge in [-0.3, -0.25) is 14.6 Å². The maximum absolute atomic E-state index is 13.1. The molecule has 1 aliphatic heterocycles. The number of nitrogens with zero attached hydrogens (tertiary/aromatic N) is 6. The van der Waals surface area contributed by atoms with E-state index >= 15 is 0 Å². The topological polar surface area (TPSA) is 84.2 Å². The molecule has 0 unspecified atom stereocenters. The van der Waals surface area contributed by atoms with Gasteiger partial charge < -0.3 is 9.80 Å². The van der Waals surface area contributed by atoms with Gasteiger partial charge in [-0.1, -0.05) is 41.9 Å². The Balaban J connectivity index is 1.44. The maximum atomic E-state index is 13.1. The molecule has 1 fully saturated rings. The number of hydrogen-bond donors (Lipinski definition) is 0. The number of piperazine rings is 1. The highest BCUT2D eigenvalue weighted by molar-refractivity contribution is 6.33. The fraction of sp³-hybridized carbons (Fsp3) is 0.286. The third-order valence-corrected chi connectivity index (χ3v) is 5.47. The average molecular weight is 425 g/mol. The van der Waals surface area contributed by atoms with Gasteiger partial charge in [0.1, 0.15) is 10.8 Å². The summed E-state index contributed by atoms with van der Waals surface area (Å²) in [4.78, 5) is 37.0. The van der Waals surface area contributed by atoms with Gasteiger partial charge in [-0.25, -0.2) is 9.67 Å². The molecule has 2 amide bonds. The van der Waals surface area contributed by atoms with Crippen LogP contribution in [0.15, 0.2) is 48.9 Å². The molecule has 0 bridgehead atoms. The normalized spacial score (nSPS) is 14.1. The van der Waals surface area contributed by atoms with E-state index < -0.39 is 0 Å². The van der Waals surface area contributed by atoms with Gasteiger partial charge in [0, 0.05) is 38.6 Å².